The van der Waals surface area contributed by atoms with Crippen molar-refractivity contribution in [3.8, 4) is 5.75 Å². The third-order valence-electron chi connectivity index (χ3n) is 4.12. The summed E-state index contributed by atoms with van der Waals surface area (Å²) in [6.45, 7) is 6.25. The fraction of sp³-hybridized carbons (Fsp3) is 0.350. The van der Waals surface area contributed by atoms with Crippen molar-refractivity contribution in [1.29, 1.82) is 0 Å². The van der Waals surface area contributed by atoms with Crippen molar-refractivity contribution in [3.05, 3.63) is 54.1 Å². The molecule has 1 amide bonds. The number of nitrogens with zero attached hydrogens (tertiary/aromatic N) is 1. The molecule has 0 radical (unpaired) electrons. The van der Waals surface area contributed by atoms with Crippen molar-refractivity contribution >= 4 is 21.6 Å². The van der Waals surface area contributed by atoms with Gasteiger partial charge >= 0.3 is 0 Å². The molecule has 0 aliphatic rings. The Hall–Kier alpha value is -2.38. The molecule has 2 rings (SSSR count). The first-order chi connectivity index (χ1) is 12.9. The van der Waals surface area contributed by atoms with Gasteiger partial charge in [0, 0.05) is 25.7 Å². The Labute approximate surface area is 161 Å². The summed E-state index contributed by atoms with van der Waals surface area (Å²) in [4.78, 5) is 13.8. The van der Waals surface area contributed by atoms with Crippen LogP contribution in [0, 0.1) is 0 Å². The van der Waals surface area contributed by atoms with E-state index in [0.717, 1.165) is 17.7 Å². The number of hydrogen-bond donors (Lipinski definition) is 1. The molecule has 0 aliphatic carbocycles. The lowest BCUT2D eigenvalue weighted by Gasteiger charge is -2.24. The molecular formula is C20H26N2O4S. The average Bonchev–Trinajstić information content (AvgIpc) is 2.65. The van der Waals surface area contributed by atoms with Crippen molar-refractivity contribution < 1.29 is 17.9 Å². The van der Waals surface area contributed by atoms with Gasteiger partial charge in [0.05, 0.1) is 11.5 Å². The van der Waals surface area contributed by atoms with E-state index in [-0.39, 0.29) is 23.9 Å². The molecule has 0 bridgehead atoms. The zero-order valence-electron chi connectivity index (χ0n) is 15.9. The third kappa shape index (κ3) is 5.55. The molecule has 27 heavy (non-hydrogen) atoms. The summed E-state index contributed by atoms with van der Waals surface area (Å²) in [5.41, 5.74) is 1.86. The molecule has 0 spiro atoms. The van der Waals surface area contributed by atoms with Gasteiger partial charge in [0.2, 0.25) is 15.9 Å². The van der Waals surface area contributed by atoms with Gasteiger partial charge in [0.25, 0.3) is 0 Å². The van der Waals surface area contributed by atoms with E-state index in [1.807, 2.05) is 38.1 Å². The summed E-state index contributed by atoms with van der Waals surface area (Å²) in [5.74, 6) is 0.492. The number of amides is 1. The molecule has 2 aromatic carbocycles. The number of nitrogens with one attached hydrogen (secondary N) is 1. The fourth-order valence-electron chi connectivity index (χ4n) is 2.78. The predicted octanol–water partition coefficient (Wildman–Crippen LogP) is 2.98. The molecule has 7 heteroatoms. The summed E-state index contributed by atoms with van der Waals surface area (Å²) < 4.78 is 32.8. The van der Waals surface area contributed by atoms with Crippen LogP contribution in [0.5, 0.6) is 5.75 Å². The van der Waals surface area contributed by atoms with E-state index in [2.05, 4.69) is 4.72 Å². The maximum atomic E-state index is 12.5. The molecule has 6 nitrogen and oxygen atoms in total. The average molecular weight is 391 g/mol. The summed E-state index contributed by atoms with van der Waals surface area (Å²) in [5, 5.41) is 0. The van der Waals surface area contributed by atoms with E-state index in [1.165, 1.54) is 19.1 Å². The van der Waals surface area contributed by atoms with Crippen molar-refractivity contribution in [1.82, 2.24) is 4.72 Å². The molecule has 0 saturated heterocycles. The van der Waals surface area contributed by atoms with Crippen LogP contribution in [0.15, 0.2) is 53.4 Å². The number of para-hydroxylation sites is 1. The number of carbonyl (C=O) groups excluding carboxylic acids is 1. The molecule has 0 unspecified atom stereocenters. The number of hydrogen-bond acceptors (Lipinski definition) is 4. The van der Waals surface area contributed by atoms with Crippen molar-refractivity contribution in [2.75, 3.05) is 24.6 Å². The van der Waals surface area contributed by atoms with Crippen LogP contribution >= 0.6 is 0 Å². The van der Waals surface area contributed by atoms with Crippen LogP contribution in [0.3, 0.4) is 0 Å². The van der Waals surface area contributed by atoms with Gasteiger partial charge in [0.15, 0.2) is 0 Å². The zero-order valence-corrected chi connectivity index (χ0v) is 16.8. The fourth-order valence-corrected chi connectivity index (χ4v) is 3.80. The molecule has 0 aliphatic heterocycles. The van der Waals surface area contributed by atoms with Gasteiger partial charge < -0.3 is 9.64 Å². The topological polar surface area (TPSA) is 75.7 Å². The Balaban J connectivity index is 2.06. The molecule has 1 N–H and O–H groups in total. The van der Waals surface area contributed by atoms with Crippen LogP contribution in [-0.4, -0.2) is 34.0 Å². The SMILES string of the molecule is CCOc1ccc(S(=O)(=O)NCCN(C(C)=O)c2ccccc2CC)cc1. The molecule has 0 fully saturated rings. The van der Waals surface area contributed by atoms with Crippen LogP contribution in [-0.2, 0) is 21.2 Å². The van der Waals surface area contributed by atoms with Crippen molar-refractivity contribution in [3.63, 3.8) is 0 Å². The lowest BCUT2D eigenvalue weighted by Crippen LogP contribution is -2.38. The van der Waals surface area contributed by atoms with Crippen LogP contribution in [0.1, 0.15) is 26.3 Å². The van der Waals surface area contributed by atoms with Crippen LogP contribution in [0.4, 0.5) is 5.69 Å². The highest BCUT2D eigenvalue weighted by Crippen LogP contribution is 2.21. The van der Waals surface area contributed by atoms with Crippen LogP contribution < -0.4 is 14.4 Å². The first-order valence-electron chi connectivity index (χ1n) is 8.97. The van der Waals surface area contributed by atoms with Crippen LogP contribution in [0.2, 0.25) is 0 Å². The molecule has 0 atom stereocenters. The minimum Gasteiger partial charge on any atom is -0.494 e. The molecule has 0 heterocycles. The normalized spacial score (nSPS) is 11.2. The third-order valence-corrected chi connectivity index (χ3v) is 5.59. The standard InChI is InChI=1S/C20H26N2O4S/c1-4-17-8-6-7-9-20(17)22(16(3)23)15-14-21-27(24,25)19-12-10-18(11-13-19)26-5-2/h6-13,21H,4-5,14-15H2,1-3H3. The van der Waals surface area contributed by atoms with Gasteiger partial charge in [-0.15, -0.1) is 0 Å². The number of anilines is 1. The minimum absolute atomic E-state index is 0.118. The van der Waals surface area contributed by atoms with Crippen molar-refractivity contribution in [2.24, 2.45) is 0 Å². The predicted molar refractivity (Wildman–Crippen MR) is 107 cm³/mol. The van der Waals surface area contributed by atoms with Gasteiger partial charge in [-0.2, -0.15) is 0 Å². The number of aryl methyl sites for hydroxylation is 1. The molecular weight excluding hydrogens is 364 g/mol. The molecule has 2 aromatic rings. The quantitative estimate of drug-likeness (QED) is 0.714. The molecule has 0 saturated carbocycles. The second-order valence-corrected chi connectivity index (χ2v) is 7.72. The van der Waals surface area contributed by atoms with Crippen molar-refractivity contribution in [2.45, 2.75) is 32.1 Å². The van der Waals surface area contributed by atoms with E-state index in [9.17, 15) is 13.2 Å². The van der Waals surface area contributed by atoms with Gasteiger partial charge in [-0.05, 0) is 49.2 Å². The summed E-state index contributed by atoms with van der Waals surface area (Å²) >= 11 is 0. The second kappa shape index (κ2) is 9.53. The Morgan fingerprint density at radius 1 is 1.07 bits per heavy atom. The highest BCUT2D eigenvalue weighted by atomic mass is 32.2. The van der Waals surface area contributed by atoms with Crippen LogP contribution in [0.25, 0.3) is 0 Å². The van der Waals surface area contributed by atoms with E-state index in [1.54, 1.807) is 17.0 Å². The van der Waals surface area contributed by atoms with Gasteiger partial charge in [-0.1, -0.05) is 25.1 Å². The first-order valence-corrected chi connectivity index (χ1v) is 10.5. The maximum Gasteiger partial charge on any atom is 0.240 e. The summed E-state index contributed by atoms with van der Waals surface area (Å²) in [6.07, 6.45) is 0.790. The Bertz CT molecular complexity index is 864. The number of sulfonamides is 1. The number of ether oxygens (including phenoxy) is 1. The lowest BCUT2D eigenvalue weighted by molar-refractivity contribution is -0.116. The van der Waals surface area contributed by atoms with E-state index < -0.39 is 10.0 Å². The van der Waals surface area contributed by atoms with Gasteiger partial charge in [0.1, 0.15) is 5.75 Å². The van der Waals surface area contributed by atoms with E-state index in [0.29, 0.717) is 12.4 Å². The number of benzene rings is 2. The molecule has 146 valence electrons. The Morgan fingerprint density at radius 2 is 1.74 bits per heavy atom. The largest absolute Gasteiger partial charge is 0.494 e. The highest BCUT2D eigenvalue weighted by molar-refractivity contribution is 7.89. The smallest absolute Gasteiger partial charge is 0.240 e. The highest BCUT2D eigenvalue weighted by Gasteiger charge is 2.17. The monoisotopic (exact) mass is 390 g/mol. The Kier molecular flexibility index (Phi) is 7.38. The van der Waals surface area contributed by atoms with E-state index in [4.69, 9.17) is 4.74 Å². The zero-order chi connectivity index (χ0) is 19.9. The minimum atomic E-state index is -3.65. The lowest BCUT2D eigenvalue weighted by atomic mass is 10.1. The molecule has 0 aromatic heterocycles. The number of rotatable bonds is 9. The first kappa shape index (κ1) is 20.9. The second-order valence-electron chi connectivity index (χ2n) is 5.96. The summed E-state index contributed by atoms with van der Waals surface area (Å²) in [6, 6.07) is 13.9. The Morgan fingerprint density at radius 3 is 2.33 bits per heavy atom. The van der Waals surface area contributed by atoms with Gasteiger partial charge in [-0.25, -0.2) is 13.1 Å². The maximum absolute atomic E-state index is 12.5. The van der Waals surface area contributed by atoms with Gasteiger partial charge in [-0.3, -0.25) is 4.79 Å². The summed E-state index contributed by atoms with van der Waals surface area (Å²) in [7, 11) is -3.65. The van der Waals surface area contributed by atoms with E-state index >= 15 is 0 Å². The number of carbonyl (C=O) groups is 1.